The molecule has 0 saturated heterocycles. The fraction of sp³-hybridized carbons (Fsp3) is 0.844. The lowest BCUT2D eigenvalue weighted by molar-refractivity contribution is -0.179. The van der Waals surface area contributed by atoms with Gasteiger partial charge in [-0.1, -0.05) is 97.0 Å². The Hall–Kier alpha value is -3.15. The Morgan fingerprint density at radius 1 is 0.596 bits per heavy atom. The first-order valence-electron chi connectivity index (χ1n) is 21.8. The molecule has 0 bridgehead atoms. The van der Waals surface area contributed by atoms with Crippen molar-refractivity contribution in [2.45, 2.75) is 208 Å². The highest BCUT2D eigenvalue weighted by molar-refractivity contribution is 5.80. The van der Waals surface area contributed by atoms with Gasteiger partial charge in [-0.05, 0) is 80.1 Å². The van der Waals surface area contributed by atoms with Crippen LogP contribution in [0.5, 0.6) is 0 Å². The number of hydrogen-bond donors (Lipinski definition) is 0. The lowest BCUT2D eigenvalue weighted by atomic mass is 9.90. The molecule has 12 nitrogen and oxygen atoms in total. The second-order valence-corrected chi connectivity index (χ2v) is 17.5. The molecule has 12 heteroatoms. The van der Waals surface area contributed by atoms with Gasteiger partial charge in [0.25, 0.3) is 0 Å². The van der Waals surface area contributed by atoms with Crippen molar-refractivity contribution in [2.24, 2.45) is 10.8 Å². The minimum atomic E-state index is -1.26. The van der Waals surface area contributed by atoms with Gasteiger partial charge < -0.3 is 33.2 Å². The van der Waals surface area contributed by atoms with Gasteiger partial charge in [-0.25, -0.2) is 4.79 Å². The maximum absolute atomic E-state index is 13.5. The Kier molecular flexibility index (Phi) is 25.8. The van der Waals surface area contributed by atoms with Gasteiger partial charge >= 0.3 is 30.0 Å². The van der Waals surface area contributed by atoms with Gasteiger partial charge in [0.15, 0.2) is 6.10 Å². The highest BCUT2D eigenvalue weighted by Gasteiger charge is 2.41. The van der Waals surface area contributed by atoms with Crippen molar-refractivity contribution in [1.29, 1.82) is 0 Å². The fourth-order valence-electron chi connectivity index (χ4n) is 5.98. The van der Waals surface area contributed by atoms with E-state index in [-0.39, 0.29) is 39.3 Å². The van der Waals surface area contributed by atoms with Crippen LogP contribution in [-0.2, 0) is 52.3 Å². The Balaban J connectivity index is 2.72. The van der Waals surface area contributed by atoms with Crippen LogP contribution in [0.1, 0.15) is 184 Å². The van der Waals surface area contributed by atoms with Crippen LogP contribution in [0.15, 0.2) is 12.7 Å². The molecule has 1 unspecified atom stereocenters. The van der Waals surface area contributed by atoms with E-state index in [2.05, 4.69) is 20.4 Å². The predicted molar refractivity (Wildman–Crippen MR) is 219 cm³/mol. The first-order chi connectivity index (χ1) is 26.9. The Labute approximate surface area is 344 Å². The summed E-state index contributed by atoms with van der Waals surface area (Å²) in [5.41, 5.74) is -2.73. The summed E-state index contributed by atoms with van der Waals surface area (Å²) in [6.45, 7) is 17.9. The molecule has 1 aliphatic carbocycles. The third-order valence-electron chi connectivity index (χ3n) is 10.1. The maximum atomic E-state index is 13.5. The molecule has 0 heterocycles. The van der Waals surface area contributed by atoms with Gasteiger partial charge in [-0.3, -0.25) is 19.2 Å². The molecule has 1 saturated carbocycles. The van der Waals surface area contributed by atoms with E-state index >= 15 is 0 Å². The van der Waals surface area contributed by atoms with Crippen molar-refractivity contribution in [1.82, 2.24) is 0 Å². The third-order valence-corrected chi connectivity index (χ3v) is 10.1. The zero-order chi connectivity index (χ0) is 42.7. The minimum Gasteiger partial charge on any atom is -0.464 e. The molecule has 0 aliphatic heterocycles. The first-order valence-corrected chi connectivity index (χ1v) is 21.8. The summed E-state index contributed by atoms with van der Waals surface area (Å²) in [5, 5.41) is 0. The van der Waals surface area contributed by atoms with Crippen molar-refractivity contribution in [2.75, 3.05) is 26.4 Å². The Bertz CT molecular complexity index is 1150. The molecule has 0 radical (unpaired) electrons. The summed E-state index contributed by atoms with van der Waals surface area (Å²) in [4.78, 5) is 64.1. The van der Waals surface area contributed by atoms with Crippen LogP contribution in [-0.4, -0.2) is 80.4 Å². The lowest BCUT2D eigenvalue weighted by Gasteiger charge is -2.34. The standard InChI is InChI=1S/C45H78O12/c1-10-13-15-17-19-21-23-25-38(46)51-31-37(32-52-39(47)26-24-22-20-18-16-14-11-2)57-42(50)56-36-29-27-35(28-30-36)55-41(49)45(9,34-54-43(4,5)6)33-53-40(48)44(7,8)12-3/h12,35-37H,3,10-11,13-34H2,1-2,4-9H3. The summed E-state index contributed by atoms with van der Waals surface area (Å²) in [6.07, 6.45) is 15.8. The molecule has 330 valence electrons. The van der Waals surface area contributed by atoms with Gasteiger partial charge in [-0.15, -0.1) is 6.58 Å². The monoisotopic (exact) mass is 811 g/mol. The highest BCUT2D eigenvalue weighted by atomic mass is 16.7. The Morgan fingerprint density at radius 3 is 1.47 bits per heavy atom. The molecule has 57 heavy (non-hydrogen) atoms. The normalized spacial score (nSPS) is 16.9. The quantitative estimate of drug-likeness (QED) is 0.0294. The van der Waals surface area contributed by atoms with E-state index in [0.717, 1.165) is 51.4 Å². The summed E-state index contributed by atoms with van der Waals surface area (Å²) in [7, 11) is 0. The number of esters is 4. The first kappa shape index (κ1) is 51.9. The molecule has 0 aromatic carbocycles. The summed E-state index contributed by atoms with van der Waals surface area (Å²) in [5.74, 6) is -1.85. The number of rotatable bonds is 30. The molecule has 0 N–H and O–H groups in total. The van der Waals surface area contributed by atoms with Crippen molar-refractivity contribution >= 4 is 30.0 Å². The number of carbonyl (C=O) groups is 5. The fourth-order valence-corrected chi connectivity index (χ4v) is 5.98. The van der Waals surface area contributed by atoms with Gasteiger partial charge in [0.1, 0.15) is 37.4 Å². The SMILES string of the molecule is C=CC(C)(C)C(=O)OCC(C)(COC(C)(C)C)C(=O)OC1CCC(OC(=O)OC(COC(=O)CCCCCCCCC)COC(=O)CCCCCCCCC)CC1. The zero-order valence-electron chi connectivity index (χ0n) is 36.9. The molecule has 0 amide bonds. The largest absolute Gasteiger partial charge is 0.509 e. The second-order valence-electron chi connectivity index (χ2n) is 17.5. The molecule has 0 aromatic heterocycles. The van der Waals surface area contributed by atoms with E-state index < -0.39 is 64.8 Å². The molecular formula is C45H78O12. The van der Waals surface area contributed by atoms with E-state index in [0.29, 0.717) is 25.7 Å². The smallest absolute Gasteiger partial charge is 0.464 e. The summed E-state index contributed by atoms with van der Waals surface area (Å²) in [6, 6.07) is 0. The van der Waals surface area contributed by atoms with Crippen LogP contribution >= 0.6 is 0 Å². The molecule has 1 atom stereocenters. The Morgan fingerprint density at radius 2 is 1.04 bits per heavy atom. The van der Waals surface area contributed by atoms with Gasteiger partial charge in [-0.2, -0.15) is 0 Å². The minimum absolute atomic E-state index is 0.0224. The second kappa shape index (κ2) is 28.3. The average Bonchev–Trinajstić information content (AvgIpc) is 3.16. The van der Waals surface area contributed by atoms with Crippen LogP contribution in [0.3, 0.4) is 0 Å². The topological polar surface area (TPSA) is 150 Å². The van der Waals surface area contributed by atoms with Crippen molar-refractivity contribution in [3.8, 4) is 0 Å². The molecule has 1 rings (SSSR count). The summed E-state index contributed by atoms with van der Waals surface area (Å²) >= 11 is 0. The molecule has 1 aliphatic rings. The number of ether oxygens (including phenoxy) is 7. The predicted octanol–water partition coefficient (Wildman–Crippen LogP) is 10.3. The molecule has 0 aromatic rings. The van der Waals surface area contributed by atoms with Gasteiger partial charge in [0.05, 0.1) is 17.6 Å². The maximum Gasteiger partial charge on any atom is 0.509 e. The zero-order valence-corrected chi connectivity index (χ0v) is 36.9. The van der Waals surface area contributed by atoms with Crippen LogP contribution in [0.25, 0.3) is 0 Å². The van der Waals surface area contributed by atoms with E-state index in [1.165, 1.54) is 44.6 Å². The van der Waals surface area contributed by atoms with E-state index in [9.17, 15) is 24.0 Å². The van der Waals surface area contributed by atoms with Crippen molar-refractivity contribution in [3.63, 3.8) is 0 Å². The van der Waals surface area contributed by atoms with E-state index in [4.69, 9.17) is 33.2 Å². The van der Waals surface area contributed by atoms with Crippen LogP contribution in [0.4, 0.5) is 4.79 Å². The average molecular weight is 811 g/mol. The van der Waals surface area contributed by atoms with Crippen molar-refractivity contribution < 1.29 is 57.1 Å². The number of carbonyl (C=O) groups excluding carboxylic acids is 5. The number of unbranched alkanes of at least 4 members (excludes halogenated alkanes) is 12. The van der Waals surface area contributed by atoms with E-state index in [1.807, 2.05) is 20.8 Å². The van der Waals surface area contributed by atoms with Crippen molar-refractivity contribution in [3.05, 3.63) is 12.7 Å². The third kappa shape index (κ3) is 24.4. The van der Waals surface area contributed by atoms with Crippen LogP contribution in [0, 0.1) is 10.8 Å². The molecule has 0 spiro atoms. The molecule has 1 fully saturated rings. The molecular weight excluding hydrogens is 732 g/mol. The van der Waals surface area contributed by atoms with Gasteiger partial charge in [0, 0.05) is 12.8 Å². The van der Waals surface area contributed by atoms with E-state index in [1.54, 1.807) is 20.8 Å². The number of hydrogen-bond acceptors (Lipinski definition) is 12. The highest BCUT2D eigenvalue weighted by Crippen LogP contribution is 2.30. The van der Waals surface area contributed by atoms with Crippen LogP contribution in [0.2, 0.25) is 0 Å². The van der Waals surface area contributed by atoms with Gasteiger partial charge in [0.2, 0.25) is 0 Å². The van der Waals surface area contributed by atoms with Crippen LogP contribution < -0.4 is 0 Å². The lowest BCUT2D eigenvalue weighted by Crippen LogP contribution is -2.44. The summed E-state index contributed by atoms with van der Waals surface area (Å²) < 4.78 is 39.4.